The van der Waals surface area contributed by atoms with Gasteiger partial charge in [-0.05, 0) is 30.5 Å². The molecule has 0 bridgehead atoms. The van der Waals surface area contributed by atoms with E-state index in [9.17, 15) is 22.4 Å². The van der Waals surface area contributed by atoms with E-state index in [2.05, 4.69) is 5.32 Å². The van der Waals surface area contributed by atoms with Crippen molar-refractivity contribution in [2.24, 2.45) is 5.92 Å². The first-order valence-corrected chi connectivity index (χ1v) is 10.5. The molecule has 7 nitrogen and oxygen atoms in total. The fourth-order valence-corrected chi connectivity index (χ4v) is 2.57. The Morgan fingerprint density at radius 3 is 2.19 bits per heavy atom. The summed E-state index contributed by atoms with van der Waals surface area (Å²) in [6.07, 6.45) is 1.00. The van der Waals surface area contributed by atoms with Gasteiger partial charge in [-0.25, -0.2) is 12.8 Å². The van der Waals surface area contributed by atoms with Crippen LogP contribution in [0.25, 0.3) is 0 Å². The molecule has 27 heavy (non-hydrogen) atoms. The van der Waals surface area contributed by atoms with E-state index >= 15 is 0 Å². The third-order valence-electron chi connectivity index (χ3n) is 4.04. The predicted molar refractivity (Wildman–Crippen MR) is 102 cm³/mol. The molecule has 0 aliphatic heterocycles. The summed E-state index contributed by atoms with van der Waals surface area (Å²) in [6, 6.07) is 4.77. The SMILES string of the molecule is CC(C)CNC(=O)[C@@H](C)N(Cc1ccc(F)cc1)C(=O)CN(C)S(C)(=O)=O. The maximum absolute atomic E-state index is 13.1. The van der Waals surface area contributed by atoms with E-state index in [1.807, 2.05) is 13.8 Å². The van der Waals surface area contributed by atoms with Crippen LogP contribution < -0.4 is 5.32 Å². The first-order chi connectivity index (χ1) is 12.4. The summed E-state index contributed by atoms with van der Waals surface area (Å²) in [4.78, 5) is 26.4. The van der Waals surface area contributed by atoms with E-state index in [0.29, 0.717) is 12.1 Å². The molecule has 1 N–H and O–H groups in total. The maximum Gasteiger partial charge on any atom is 0.242 e. The number of amides is 2. The van der Waals surface area contributed by atoms with Crippen LogP contribution in [0.4, 0.5) is 4.39 Å². The molecule has 0 saturated carbocycles. The van der Waals surface area contributed by atoms with Crippen molar-refractivity contribution in [3.8, 4) is 0 Å². The first kappa shape index (κ1) is 23.0. The Morgan fingerprint density at radius 1 is 1.15 bits per heavy atom. The minimum Gasteiger partial charge on any atom is -0.354 e. The minimum atomic E-state index is -3.54. The second-order valence-corrected chi connectivity index (χ2v) is 9.07. The van der Waals surface area contributed by atoms with Crippen molar-refractivity contribution >= 4 is 21.8 Å². The quantitative estimate of drug-likeness (QED) is 0.674. The van der Waals surface area contributed by atoms with Crippen LogP contribution >= 0.6 is 0 Å². The van der Waals surface area contributed by atoms with Gasteiger partial charge in [-0.3, -0.25) is 9.59 Å². The molecule has 0 aliphatic carbocycles. The molecule has 1 atom stereocenters. The van der Waals surface area contributed by atoms with E-state index in [0.717, 1.165) is 10.6 Å². The van der Waals surface area contributed by atoms with Crippen molar-refractivity contribution in [2.75, 3.05) is 26.4 Å². The van der Waals surface area contributed by atoms with Crippen LogP contribution in [0.5, 0.6) is 0 Å². The van der Waals surface area contributed by atoms with Gasteiger partial charge < -0.3 is 10.2 Å². The van der Waals surface area contributed by atoms with Gasteiger partial charge in [0.05, 0.1) is 12.8 Å². The standard InChI is InChI=1S/C18H28FN3O4S/c1-13(2)10-20-18(24)14(3)22(11-15-6-8-16(19)9-7-15)17(23)12-21(4)27(5,25)26/h6-9,13-14H,10-12H2,1-5H3,(H,20,24)/t14-/m1/s1. The largest absolute Gasteiger partial charge is 0.354 e. The number of hydrogen-bond donors (Lipinski definition) is 1. The van der Waals surface area contributed by atoms with Gasteiger partial charge in [0.15, 0.2) is 0 Å². The maximum atomic E-state index is 13.1. The molecular formula is C18H28FN3O4S. The lowest BCUT2D eigenvalue weighted by Gasteiger charge is -2.30. The monoisotopic (exact) mass is 401 g/mol. The van der Waals surface area contributed by atoms with Gasteiger partial charge in [0.25, 0.3) is 0 Å². The van der Waals surface area contributed by atoms with Crippen LogP contribution in [0.1, 0.15) is 26.3 Å². The van der Waals surface area contributed by atoms with Gasteiger partial charge in [-0.1, -0.05) is 26.0 Å². The van der Waals surface area contributed by atoms with Gasteiger partial charge in [-0.15, -0.1) is 0 Å². The van der Waals surface area contributed by atoms with Gasteiger partial charge in [-0.2, -0.15) is 4.31 Å². The second-order valence-electron chi connectivity index (χ2n) is 6.98. The molecule has 0 fully saturated rings. The van der Waals surface area contributed by atoms with Crippen LogP contribution in [0.2, 0.25) is 0 Å². The summed E-state index contributed by atoms with van der Waals surface area (Å²) < 4.78 is 37.3. The number of nitrogens with zero attached hydrogens (tertiary/aromatic N) is 2. The zero-order valence-electron chi connectivity index (χ0n) is 16.4. The molecule has 0 unspecified atom stereocenters. The molecule has 0 heterocycles. The van der Waals surface area contributed by atoms with Gasteiger partial charge >= 0.3 is 0 Å². The van der Waals surface area contributed by atoms with Crippen molar-refractivity contribution in [3.63, 3.8) is 0 Å². The van der Waals surface area contributed by atoms with Crippen molar-refractivity contribution in [3.05, 3.63) is 35.6 Å². The Kier molecular flexibility index (Phi) is 8.36. The van der Waals surface area contributed by atoms with E-state index < -0.39 is 27.8 Å². The first-order valence-electron chi connectivity index (χ1n) is 8.64. The third kappa shape index (κ3) is 7.64. The van der Waals surface area contributed by atoms with Crippen molar-refractivity contribution in [2.45, 2.75) is 33.4 Å². The average Bonchev–Trinajstić information content (AvgIpc) is 2.57. The van der Waals surface area contributed by atoms with Crippen molar-refractivity contribution in [1.29, 1.82) is 0 Å². The molecular weight excluding hydrogens is 373 g/mol. The van der Waals surface area contributed by atoms with E-state index in [1.165, 1.54) is 36.2 Å². The van der Waals surface area contributed by atoms with Crippen LogP contribution in [-0.2, 0) is 26.2 Å². The Hall–Kier alpha value is -2.00. The normalized spacial score (nSPS) is 12.9. The highest BCUT2D eigenvalue weighted by Crippen LogP contribution is 2.12. The summed E-state index contributed by atoms with van der Waals surface area (Å²) in [5.41, 5.74) is 0.635. The molecule has 0 saturated heterocycles. The number of likely N-dealkylation sites (N-methyl/N-ethyl adjacent to an activating group) is 1. The molecule has 9 heteroatoms. The number of rotatable bonds is 9. The number of sulfonamides is 1. The van der Waals surface area contributed by atoms with Crippen LogP contribution in [0.3, 0.4) is 0 Å². The highest BCUT2D eigenvalue weighted by molar-refractivity contribution is 7.88. The lowest BCUT2D eigenvalue weighted by atomic mass is 10.1. The lowest BCUT2D eigenvalue weighted by molar-refractivity contribution is -0.140. The molecule has 2 amide bonds. The molecule has 0 aromatic heterocycles. The molecule has 0 radical (unpaired) electrons. The van der Waals surface area contributed by atoms with E-state index in [4.69, 9.17) is 0 Å². The molecule has 0 spiro atoms. The zero-order valence-corrected chi connectivity index (χ0v) is 17.2. The zero-order chi connectivity index (χ0) is 20.8. The molecule has 1 aromatic carbocycles. The third-order valence-corrected chi connectivity index (χ3v) is 5.30. The Labute approximate surface area is 160 Å². The Balaban J connectivity index is 3.01. The Bertz CT molecular complexity index is 750. The van der Waals surface area contributed by atoms with Gasteiger partial charge in [0, 0.05) is 20.1 Å². The fraction of sp³-hybridized carbons (Fsp3) is 0.556. The van der Waals surface area contributed by atoms with Crippen LogP contribution in [0, 0.1) is 11.7 Å². The van der Waals surface area contributed by atoms with E-state index in [1.54, 1.807) is 6.92 Å². The summed E-state index contributed by atoms with van der Waals surface area (Å²) >= 11 is 0. The average molecular weight is 402 g/mol. The minimum absolute atomic E-state index is 0.0625. The molecule has 0 aliphatic rings. The second kappa shape index (κ2) is 9.80. The number of benzene rings is 1. The summed E-state index contributed by atoms with van der Waals surface area (Å²) in [7, 11) is -2.24. The number of nitrogens with one attached hydrogen (secondary N) is 1. The number of carbonyl (C=O) groups is 2. The van der Waals surface area contributed by atoms with Gasteiger partial charge in [0.1, 0.15) is 11.9 Å². The smallest absolute Gasteiger partial charge is 0.242 e. The molecule has 1 rings (SSSR count). The highest BCUT2D eigenvalue weighted by Gasteiger charge is 2.28. The fourth-order valence-electron chi connectivity index (χ4n) is 2.22. The Morgan fingerprint density at radius 2 is 1.70 bits per heavy atom. The van der Waals surface area contributed by atoms with Crippen LogP contribution in [0.15, 0.2) is 24.3 Å². The molecule has 1 aromatic rings. The molecule has 152 valence electrons. The summed E-state index contributed by atoms with van der Waals surface area (Å²) in [5.74, 6) is -1.00. The summed E-state index contributed by atoms with van der Waals surface area (Å²) in [6.45, 7) is 5.62. The van der Waals surface area contributed by atoms with Crippen LogP contribution in [-0.4, -0.2) is 61.9 Å². The number of halogens is 1. The number of carbonyl (C=O) groups excluding carboxylic acids is 2. The van der Waals surface area contributed by atoms with Gasteiger partial charge in [0.2, 0.25) is 21.8 Å². The van der Waals surface area contributed by atoms with Crippen molar-refractivity contribution in [1.82, 2.24) is 14.5 Å². The highest BCUT2D eigenvalue weighted by atomic mass is 32.2. The topological polar surface area (TPSA) is 86.8 Å². The lowest BCUT2D eigenvalue weighted by Crippen LogP contribution is -2.51. The van der Waals surface area contributed by atoms with Crippen molar-refractivity contribution < 1.29 is 22.4 Å². The number of hydrogen-bond acceptors (Lipinski definition) is 4. The predicted octanol–water partition coefficient (Wildman–Crippen LogP) is 1.21. The van der Waals surface area contributed by atoms with E-state index in [-0.39, 0.29) is 24.9 Å². The summed E-state index contributed by atoms with van der Waals surface area (Å²) in [5, 5.41) is 2.77.